The lowest BCUT2D eigenvalue weighted by molar-refractivity contribution is 0.171. The maximum absolute atomic E-state index is 10.5. The number of carbonyl (C=O) groups is 1. The molecule has 0 aliphatic rings. The zero-order chi connectivity index (χ0) is 16.8. The van der Waals surface area contributed by atoms with Gasteiger partial charge in [-0.25, -0.2) is 4.79 Å². The quantitative estimate of drug-likeness (QED) is 0.593. The molecule has 0 radical (unpaired) electrons. The van der Waals surface area contributed by atoms with E-state index in [4.69, 9.17) is 26.7 Å². The van der Waals surface area contributed by atoms with Gasteiger partial charge >= 0.3 is 5.43 Å². The second kappa shape index (κ2) is 5.89. The molecule has 0 bridgehead atoms. The Hall–Kier alpha value is -0.240. The molecule has 0 atom stereocenters. The van der Waals surface area contributed by atoms with Crippen molar-refractivity contribution in [3.63, 3.8) is 0 Å². The molecule has 0 fully saturated rings. The lowest BCUT2D eigenvalue weighted by Crippen LogP contribution is -1.95. The zero-order valence-corrected chi connectivity index (χ0v) is 4.95. The van der Waals surface area contributed by atoms with Crippen LogP contribution in [0, 0.1) is 0 Å². The normalized spacial score (nSPS) is 35.0. The summed E-state index contributed by atoms with van der Waals surface area (Å²) in [5, 5.41) is 0. The Bertz CT molecular complexity index is 387. The second-order valence-corrected chi connectivity index (χ2v) is 1.13. The minimum absolute atomic E-state index is 1.79. The van der Waals surface area contributed by atoms with Crippen LogP contribution in [0.3, 0.4) is 0 Å². The largest absolute Gasteiger partial charge is 0.454 e. The van der Waals surface area contributed by atoms with Gasteiger partial charge in [0.2, 0.25) is 0 Å². The monoisotopic (exact) mass is 161 g/mol. The van der Waals surface area contributed by atoms with Gasteiger partial charge in [0.1, 0.15) is 0 Å². The highest BCUT2D eigenvalue weighted by Crippen LogP contribution is 1.95. The summed E-state index contributed by atoms with van der Waals surface area (Å²) in [7, 11) is 0. The lowest BCUT2D eigenvalue weighted by atomic mass is 10.3. The molecule has 0 N–H and O–H groups in total. The van der Waals surface area contributed by atoms with Gasteiger partial charge in [-0.3, -0.25) is 0 Å². The molecule has 0 aromatic carbocycles. The number of rotatable bonds is 4. The Morgan fingerprint density at radius 2 is 2.67 bits per heavy atom. The van der Waals surface area contributed by atoms with Gasteiger partial charge in [-0.15, -0.1) is 0 Å². The van der Waals surface area contributed by atoms with E-state index >= 15 is 0 Å². The van der Waals surface area contributed by atoms with Crippen molar-refractivity contribution in [2.45, 2.75) is 26.0 Å². The molecule has 0 aliphatic heterocycles. The smallest absolute Gasteiger partial charge is 0.403 e. The Balaban J connectivity index is 5.86. The van der Waals surface area contributed by atoms with Crippen LogP contribution in [-0.4, -0.2) is 12.0 Å². The summed E-state index contributed by atoms with van der Waals surface area (Å²) in [6, 6.07) is 0. The predicted octanol–water partition coefficient (Wildman–Crippen LogP) is 2.55. The molecule has 3 heteroatoms. The van der Waals surface area contributed by atoms with Crippen molar-refractivity contribution in [2.24, 2.45) is 0 Å². The van der Waals surface area contributed by atoms with E-state index < -0.39 is 38.0 Å². The Labute approximate surface area is 75.6 Å². The van der Waals surface area contributed by atoms with E-state index in [0.717, 1.165) is 0 Å². The SMILES string of the molecule is [2H]C([2H])([2H])C([2H])([2H])C([2H])([2H])C([2H])([2H])C([2H])([2H])OC(=O)Cl. The molecular formula is C6H11ClO2. The van der Waals surface area contributed by atoms with Gasteiger partial charge in [0.15, 0.2) is 0 Å². The van der Waals surface area contributed by atoms with Crippen LogP contribution in [0.2, 0.25) is 0 Å². The fraction of sp³-hybridized carbons (Fsp3) is 0.833. The highest BCUT2D eigenvalue weighted by molar-refractivity contribution is 6.61. The first-order valence-corrected chi connectivity index (χ1v) is 2.18. The van der Waals surface area contributed by atoms with Crippen LogP contribution < -0.4 is 0 Å². The zero-order valence-electron chi connectivity index (χ0n) is 15.2. The van der Waals surface area contributed by atoms with E-state index in [1.807, 2.05) is 0 Å². The highest BCUT2D eigenvalue weighted by Gasteiger charge is 1.92. The van der Waals surface area contributed by atoms with Gasteiger partial charge in [0, 0.05) is 23.9 Å². The van der Waals surface area contributed by atoms with Crippen molar-refractivity contribution in [3.05, 3.63) is 0 Å². The van der Waals surface area contributed by atoms with Gasteiger partial charge in [-0.2, -0.15) is 0 Å². The van der Waals surface area contributed by atoms with Crippen LogP contribution in [0.5, 0.6) is 0 Å². The summed E-state index contributed by atoms with van der Waals surface area (Å²) in [4.78, 5) is 10.5. The molecule has 54 valence electrons. The van der Waals surface area contributed by atoms with Crippen molar-refractivity contribution >= 4 is 17.0 Å². The summed E-state index contributed by atoms with van der Waals surface area (Å²) in [6.45, 7) is -7.27. The summed E-state index contributed by atoms with van der Waals surface area (Å²) in [5.74, 6) is 0. The fourth-order valence-electron chi connectivity index (χ4n) is 0.122. The first-order valence-electron chi connectivity index (χ1n) is 7.30. The lowest BCUT2D eigenvalue weighted by Gasteiger charge is -1.96. The van der Waals surface area contributed by atoms with Gasteiger partial charge in [-0.1, -0.05) is 19.6 Å². The number of carbonyl (C=O) groups excluding carboxylic acids is 1. The van der Waals surface area contributed by atoms with Crippen molar-refractivity contribution in [2.75, 3.05) is 6.56 Å². The van der Waals surface area contributed by atoms with Crippen LogP contribution in [-0.2, 0) is 4.74 Å². The Morgan fingerprint density at radius 3 is 3.22 bits per heavy atom. The molecule has 0 spiro atoms. The second-order valence-electron chi connectivity index (χ2n) is 0.817. The maximum Gasteiger partial charge on any atom is 0.403 e. The molecule has 0 saturated carbocycles. The van der Waals surface area contributed by atoms with Crippen molar-refractivity contribution in [1.82, 2.24) is 0 Å². The number of ether oxygens (including phenoxy) is 1. The summed E-state index contributed by atoms with van der Waals surface area (Å²) < 4.78 is 82.8. The molecule has 0 heterocycles. The maximum atomic E-state index is 10.5. The van der Waals surface area contributed by atoms with Gasteiger partial charge in [0.25, 0.3) is 0 Å². The molecule has 0 aromatic rings. The standard InChI is InChI=1S/C6H11ClO2/c1-2-3-4-5-9-6(7)8/h2-5H2,1H3/i1D3,2D2,3D2,4D2,5D2. The third-order valence-corrected chi connectivity index (χ3v) is 0.384. The Kier molecular flexibility index (Phi) is 0.981. The topological polar surface area (TPSA) is 26.3 Å². The van der Waals surface area contributed by atoms with Crippen LogP contribution in [0.15, 0.2) is 0 Å². The predicted molar refractivity (Wildman–Crippen MR) is 36.7 cm³/mol. The van der Waals surface area contributed by atoms with E-state index in [1.54, 1.807) is 0 Å². The molecule has 0 saturated heterocycles. The first-order chi connectivity index (χ1) is 8.42. The highest BCUT2D eigenvalue weighted by atomic mass is 35.5. The van der Waals surface area contributed by atoms with E-state index in [0.29, 0.717) is 0 Å². The molecule has 9 heavy (non-hydrogen) atoms. The number of halogens is 1. The Morgan fingerprint density at radius 1 is 1.89 bits per heavy atom. The van der Waals surface area contributed by atoms with Crippen LogP contribution >= 0.6 is 11.6 Å². The summed E-state index contributed by atoms with van der Waals surface area (Å²) in [6.07, 6.45) is -11.4. The molecule has 2 nitrogen and oxygen atoms in total. The van der Waals surface area contributed by atoms with E-state index in [-0.39, 0.29) is 0 Å². The molecule has 0 unspecified atom stereocenters. The van der Waals surface area contributed by atoms with Gasteiger partial charge in [-0.05, 0) is 6.37 Å². The van der Waals surface area contributed by atoms with E-state index in [9.17, 15) is 4.79 Å². The van der Waals surface area contributed by atoms with Crippen LogP contribution in [0.4, 0.5) is 4.79 Å². The third-order valence-electron chi connectivity index (χ3n) is 0.307. The van der Waals surface area contributed by atoms with Crippen molar-refractivity contribution in [3.8, 4) is 0 Å². The number of hydrogen-bond donors (Lipinski definition) is 0. The van der Waals surface area contributed by atoms with Crippen molar-refractivity contribution in [1.29, 1.82) is 0 Å². The van der Waals surface area contributed by atoms with Gasteiger partial charge < -0.3 is 4.74 Å². The fourth-order valence-corrected chi connectivity index (χ4v) is 0.161. The molecule has 0 rings (SSSR count). The molecule has 0 aliphatic carbocycles. The average molecular weight is 162 g/mol. The van der Waals surface area contributed by atoms with Crippen molar-refractivity contribution < 1.29 is 24.6 Å². The average Bonchev–Trinajstić information content (AvgIpc) is 2.12. The summed E-state index contributed by atoms with van der Waals surface area (Å²) in [5.41, 5.74) is -1.79. The number of hydrogen-bond acceptors (Lipinski definition) is 2. The van der Waals surface area contributed by atoms with Gasteiger partial charge in [0.05, 0.1) is 9.30 Å². The minimum Gasteiger partial charge on any atom is -0.454 e. The summed E-state index contributed by atoms with van der Waals surface area (Å²) >= 11 is 4.73. The van der Waals surface area contributed by atoms with E-state index in [1.165, 1.54) is 0 Å². The third kappa shape index (κ3) is 7.76. The minimum atomic E-state index is -3.86. The molecular weight excluding hydrogens is 140 g/mol. The molecule has 0 aromatic heterocycles. The van der Waals surface area contributed by atoms with Crippen LogP contribution in [0.25, 0.3) is 0 Å². The van der Waals surface area contributed by atoms with Crippen LogP contribution in [0.1, 0.15) is 41.0 Å². The first kappa shape index (κ1) is 1.50. The molecule has 0 amide bonds. The van der Waals surface area contributed by atoms with E-state index in [2.05, 4.69) is 4.74 Å².